The van der Waals surface area contributed by atoms with Crippen LogP contribution in [-0.4, -0.2) is 33.3 Å². The van der Waals surface area contributed by atoms with Crippen molar-refractivity contribution in [3.05, 3.63) is 36.0 Å². The van der Waals surface area contributed by atoms with Crippen LogP contribution in [0.3, 0.4) is 0 Å². The van der Waals surface area contributed by atoms with Crippen LogP contribution in [0.1, 0.15) is 24.6 Å². The van der Waals surface area contributed by atoms with Gasteiger partial charge in [0.25, 0.3) is 0 Å². The highest BCUT2D eigenvalue weighted by molar-refractivity contribution is 5.88. The summed E-state index contributed by atoms with van der Waals surface area (Å²) in [5, 5.41) is 10.1. The molecule has 0 saturated heterocycles. The van der Waals surface area contributed by atoms with Gasteiger partial charge in [-0.1, -0.05) is 10.3 Å². The number of carbonyl (C=O) groups excluding carboxylic acids is 1. The maximum Gasteiger partial charge on any atom is 0.328 e. The van der Waals surface area contributed by atoms with Gasteiger partial charge in [-0.15, -0.1) is 0 Å². The molecule has 0 aliphatic carbocycles. The molecule has 0 bridgehead atoms. The monoisotopic (exact) mass is 343 g/mol. The highest BCUT2D eigenvalue weighted by atomic mass is 16.5. The van der Waals surface area contributed by atoms with Crippen LogP contribution in [0.5, 0.6) is 5.75 Å². The van der Waals surface area contributed by atoms with Gasteiger partial charge in [-0.3, -0.25) is 10.1 Å². The third-order valence-corrected chi connectivity index (χ3v) is 3.38. The third kappa shape index (κ3) is 4.40. The molecular weight excluding hydrogens is 326 g/mol. The average Bonchev–Trinajstić information content (AvgIpc) is 3.24. The van der Waals surface area contributed by atoms with E-state index in [-0.39, 0.29) is 18.3 Å². The number of anilines is 1. The van der Waals surface area contributed by atoms with Gasteiger partial charge in [0, 0.05) is 18.4 Å². The van der Waals surface area contributed by atoms with Crippen molar-refractivity contribution in [3.8, 4) is 17.1 Å². The molecule has 0 aliphatic rings. The van der Waals surface area contributed by atoms with Gasteiger partial charge in [-0.2, -0.15) is 9.97 Å². The number of carbonyl (C=O) groups is 1. The van der Waals surface area contributed by atoms with Crippen LogP contribution in [-0.2, 0) is 11.2 Å². The normalized spacial score (nSPS) is 10.6. The standard InChI is InChI=1S/C16H17N5O4/c1-10-17-16(25-20-10)18-13(22)4-3-5-14-19-15(21-24-14)11-6-8-12(23-2)9-7-11/h6-9H,3-5H2,1-2H3,(H,17,18,20,22). The topological polar surface area (TPSA) is 116 Å². The minimum Gasteiger partial charge on any atom is -0.497 e. The predicted molar refractivity (Wildman–Crippen MR) is 86.9 cm³/mol. The summed E-state index contributed by atoms with van der Waals surface area (Å²) < 4.78 is 15.2. The zero-order valence-corrected chi connectivity index (χ0v) is 13.9. The van der Waals surface area contributed by atoms with E-state index in [1.807, 2.05) is 24.3 Å². The molecule has 1 amide bonds. The Morgan fingerprint density at radius 1 is 1.16 bits per heavy atom. The second-order valence-corrected chi connectivity index (χ2v) is 5.29. The first-order valence-corrected chi connectivity index (χ1v) is 7.71. The molecule has 1 N–H and O–H groups in total. The van der Waals surface area contributed by atoms with Gasteiger partial charge in [-0.25, -0.2) is 0 Å². The van der Waals surface area contributed by atoms with Crippen molar-refractivity contribution >= 4 is 11.9 Å². The number of nitrogens with zero attached hydrogens (tertiary/aromatic N) is 4. The van der Waals surface area contributed by atoms with Crippen molar-refractivity contribution in [3.63, 3.8) is 0 Å². The van der Waals surface area contributed by atoms with Crippen LogP contribution < -0.4 is 10.1 Å². The SMILES string of the molecule is COc1ccc(-c2noc(CCCC(=O)Nc3nc(C)no3)n2)cc1. The maximum absolute atomic E-state index is 11.8. The number of aromatic nitrogens is 4. The van der Waals surface area contributed by atoms with E-state index in [1.165, 1.54) is 0 Å². The summed E-state index contributed by atoms with van der Waals surface area (Å²) in [6, 6.07) is 7.46. The fourth-order valence-electron chi connectivity index (χ4n) is 2.14. The summed E-state index contributed by atoms with van der Waals surface area (Å²) in [5.74, 6) is 2.00. The fourth-order valence-corrected chi connectivity index (χ4v) is 2.14. The Bertz CT molecular complexity index is 840. The summed E-state index contributed by atoms with van der Waals surface area (Å²) in [6.45, 7) is 1.68. The Morgan fingerprint density at radius 2 is 1.96 bits per heavy atom. The lowest BCUT2D eigenvalue weighted by Crippen LogP contribution is -2.11. The number of benzene rings is 1. The van der Waals surface area contributed by atoms with Gasteiger partial charge in [0.05, 0.1) is 7.11 Å². The molecule has 3 aromatic rings. The highest BCUT2D eigenvalue weighted by Gasteiger charge is 2.11. The molecule has 2 heterocycles. The minimum atomic E-state index is -0.210. The first kappa shape index (κ1) is 16.6. The summed E-state index contributed by atoms with van der Waals surface area (Å²) in [5.41, 5.74) is 0.834. The molecule has 9 nitrogen and oxygen atoms in total. The Morgan fingerprint density at radius 3 is 2.64 bits per heavy atom. The van der Waals surface area contributed by atoms with Crippen molar-refractivity contribution in [1.29, 1.82) is 0 Å². The smallest absolute Gasteiger partial charge is 0.328 e. The van der Waals surface area contributed by atoms with Gasteiger partial charge in [0.15, 0.2) is 5.82 Å². The molecule has 0 atom stereocenters. The molecule has 0 saturated carbocycles. The van der Waals surface area contributed by atoms with E-state index in [2.05, 4.69) is 25.6 Å². The number of methoxy groups -OCH3 is 1. The molecule has 0 fully saturated rings. The highest BCUT2D eigenvalue weighted by Crippen LogP contribution is 2.20. The van der Waals surface area contributed by atoms with E-state index in [9.17, 15) is 4.79 Å². The Kier molecular flexibility index (Phi) is 5.03. The number of aryl methyl sites for hydroxylation is 2. The first-order chi connectivity index (χ1) is 12.1. The van der Waals surface area contributed by atoms with E-state index in [0.29, 0.717) is 30.4 Å². The van der Waals surface area contributed by atoms with E-state index in [0.717, 1.165) is 11.3 Å². The first-order valence-electron chi connectivity index (χ1n) is 7.71. The van der Waals surface area contributed by atoms with E-state index >= 15 is 0 Å². The van der Waals surface area contributed by atoms with Crippen molar-refractivity contribution in [2.45, 2.75) is 26.2 Å². The van der Waals surface area contributed by atoms with Crippen LogP contribution in [0.15, 0.2) is 33.3 Å². The summed E-state index contributed by atoms with van der Waals surface area (Å²) in [4.78, 5) is 20.0. The second kappa shape index (κ2) is 7.56. The lowest BCUT2D eigenvalue weighted by Gasteiger charge is -1.99. The molecule has 0 radical (unpaired) electrons. The van der Waals surface area contributed by atoms with E-state index in [4.69, 9.17) is 13.8 Å². The molecular formula is C16H17N5O4. The molecule has 3 rings (SSSR count). The van der Waals surface area contributed by atoms with Crippen LogP contribution in [0, 0.1) is 6.92 Å². The van der Waals surface area contributed by atoms with Crippen molar-refractivity contribution < 1.29 is 18.6 Å². The molecule has 0 spiro atoms. The Hall–Kier alpha value is -3.23. The number of hydrogen-bond donors (Lipinski definition) is 1. The lowest BCUT2D eigenvalue weighted by atomic mass is 10.2. The second-order valence-electron chi connectivity index (χ2n) is 5.29. The summed E-state index contributed by atoms with van der Waals surface area (Å²) >= 11 is 0. The van der Waals surface area contributed by atoms with Gasteiger partial charge in [0.2, 0.25) is 17.6 Å². The van der Waals surface area contributed by atoms with Gasteiger partial charge in [-0.05, 0) is 37.6 Å². The van der Waals surface area contributed by atoms with Crippen LogP contribution in [0.2, 0.25) is 0 Å². The van der Waals surface area contributed by atoms with Crippen molar-refractivity contribution in [2.75, 3.05) is 12.4 Å². The number of nitrogens with one attached hydrogen (secondary N) is 1. The van der Waals surface area contributed by atoms with Crippen LogP contribution >= 0.6 is 0 Å². The predicted octanol–water partition coefficient (Wildman–Crippen LogP) is 2.40. The zero-order chi connectivity index (χ0) is 17.6. The van der Waals surface area contributed by atoms with Gasteiger partial charge < -0.3 is 13.8 Å². The number of ether oxygens (including phenoxy) is 1. The lowest BCUT2D eigenvalue weighted by molar-refractivity contribution is -0.116. The third-order valence-electron chi connectivity index (χ3n) is 3.38. The van der Waals surface area contributed by atoms with Gasteiger partial charge >= 0.3 is 6.01 Å². The molecule has 25 heavy (non-hydrogen) atoms. The number of rotatable bonds is 7. The molecule has 1 aromatic carbocycles. The number of hydrogen-bond acceptors (Lipinski definition) is 8. The minimum absolute atomic E-state index is 0.0992. The Labute approximate surface area is 143 Å². The summed E-state index contributed by atoms with van der Waals surface area (Å²) in [6.07, 6.45) is 1.34. The molecule has 0 unspecified atom stereocenters. The molecule has 0 aliphatic heterocycles. The van der Waals surface area contributed by atoms with Crippen LogP contribution in [0.25, 0.3) is 11.4 Å². The van der Waals surface area contributed by atoms with E-state index in [1.54, 1.807) is 14.0 Å². The quantitative estimate of drug-likeness (QED) is 0.695. The number of amides is 1. The fraction of sp³-hybridized carbons (Fsp3) is 0.312. The molecule has 2 aromatic heterocycles. The summed E-state index contributed by atoms with van der Waals surface area (Å²) in [7, 11) is 1.61. The average molecular weight is 343 g/mol. The largest absolute Gasteiger partial charge is 0.497 e. The Balaban J connectivity index is 1.48. The van der Waals surface area contributed by atoms with Crippen molar-refractivity contribution in [1.82, 2.24) is 20.3 Å². The molecule has 130 valence electrons. The van der Waals surface area contributed by atoms with Crippen LogP contribution in [0.4, 0.5) is 6.01 Å². The molecule has 9 heteroatoms. The van der Waals surface area contributed by atoms with E-state index < -0.39 is 0 Å². The van der Waals surface area contributed by atoms with Crippen molar-refractivity contribution in [2.24, 2.45) is 0 Å². The van der Waals surface area contributed by atoms with Gasteiger partial charge in [0.1, 0.15) is 5.75 Å². The maximum atomic E-state index is 11.8. The zero-order valence-electron chi connectivity index (χ0n) is 13.9.